The fraction of sp³-hybridized carbons (Fsp3) is 0.429. The van der Waals surface area contributed by atoms with Gasteiger partial charge in [0.2, 0.25) is 5.78 Å². The number of aromatic nitrogens is 1. The van der Waals surface area contributed by atoms with Crippen LogP contribution in [0.5, 0.6) is 5.75 Å². The average molecular weight is 409 g/mol. The van der Waals surface area contributed by atoms with Crippen LogP contribution in [0, 0.1) is 13.8 Å². The van der Waals surface area contributed by atoms with Crippen molar-refractivity contribution in [3.05, 3.63) is 52.3 Å². The third-order valence-electron chi connectivity index (χ3n) is 4.93. The molecule has 0 bridgehead atoms. The van der Waals surface area contributed by atoms with E-state index in [-0.39, 0.29) is 18.1 Å². The topological polar surface area (TPSA) is 72.8 Å². The molecule has 0 aliphatic rings. The zero-order valence-electron chi connectivity index (χ0n) is 17.3. The minimum atomic E-state index is -2.86. The molecule has 2 aromatic rings. The number of likely N-dealkylation sites (N-methyl/N-ethyl adjacent to an activating group) is 1. The number of quaternary nitrogens is 1. The minimum Gasteiger partial charge on any atom is -0.462 e. The van der Waals surface area contributed by atoms with E-state index < -0.39 is 18.6 Å². The van der Waals surface area contributed by atoms with E-state index in [2.05, 4.69) is 9.72 Å². The summed E-state index contributed by atoms with van der Waals surface area (Å²) in [5, 5.41) is 0. The number of alkyl halides is 2. The monoisotopic (exact) mass is 409 g/mol. The molecule has 0 radical (unpaired) electrons. The van der Waals surface area contributed by atoms with Crippen molar-refractivity contribution in [2.24, 2.45) is 0 Å². The predicted molar refractivity (Wildman–Crippen MR) is 104 cm³/mol. The van der Waals surface area contributed by atoms with Gasteiger partial charge in [0.1, 0.15) is 12.3 Å². The number of halogens is 2. The van der Waals surface area contributed by atoms with Crippen LogP contribution >= 0.6 is 0 Å². The zero-order chi connectivity index (χ0) is 21.7. The van der Waals surface area contributed by atoms with Gasteiger partial charge in [-0.1, -0.05) is 0 Å². The van der Waals surface area contributed by atoms with Gasteiger partial charge in [0, 0.05) is 11.3 Å². The molecule has 0 fully saturated rings. The summed E-state index contributed by atoms with van der Waals surface area (Å²) in [7, 11) is 1.88. The molecule has 0 amide bonds. The summed E-state index contributed by atoms with van der Waals surface area (Å²) in [4.78, 5) is 29.1. The Morgan fingerprint density at radius 2 is 1.79 bits per heavy atom. The Bertz CT molecular complexity index is 862. The van der Waals surface area contributed by atoms with Crippen LogP contribution in [-0.4, -0.2) is 43.0 Å². The van der Waals surface area contributed by atoms with Crippen molar-refractivity contribution in [3.63, 3.8) is 0 Å². The van der Waals surface area contributed by atoms with Crippen molar-refractivity contribution in [1.82, 2.24) is 4.98 Å². The molecule has 0 aliphatic carbocycles. The van der Waals surface area contributed by atoms with Gasteiger partial charge in [-0.15, -0.1) is 0 Å². The Labute approximate surface area is 168 Å². The molecule has 0 saturated carbocycles. The molecular formula is C21H27F2N2O4+. The molecule has 29 heavy (non-hydrogen) atoms. The Morgan fingerprint density at radius 3 is 2.34 bits per heavy atom. The van der Waals surface area contributed by atoms with E-state index in [1.807, 2.05) is 14.0 Å². The third-order valence-corrected chi connectivity index (χ3v) is 4.93. The van der Waals surface area contributed by atoms with E-state index in [4.69, 9.17) is 4.74 Å². The fourth-order valence-electron chi connectivity index (χ4n) is 3.21. The van der Waals surface area contributed by atoms with Gasteiger partial charge in [0.25, 0.3) is 0 Å². The number of aromatic amines is 1. The number of Topliss-reactive ketones (excluding diaryl/α,β-unsaturated/α-hetero) is 1. The highest BCUT2D eigenvalue weighted by atomic mass is 19.3. The van der Waals surface area contributed by atoms with E-state index in [0.29, 0.717) is 29.1 Å². The molecule has 1 aromatic carbocycles. The molecule has 0 saturated heterocycles. The SMILES string of the molecule is CCOC(=O)c1c(C)[nH]c(C(=O)[C@@H](C)[NH+](C)Cc2ccc(OC(F)F)cc2)c1C. The van der Waals surface area contributed by atoms with Crippen molar-refractivity contribution in [1.29, 1.82) is 0 Å². The van der Waals surface area contributed by atoms with Gasteiger partial charge in [0.05, 0.1) is 24.9 Å². The van der Waals surface area contributed by atoms with Crippen LogP contribution in [-0.2, 0) is 11.3 Å². The summed E-state index contributed by atoms with van der Waals surface area (Å²) in [5.74, 6) is -0.469. The summed E-state index contributed by atoms with van der Waals surface area (Å²) >= 11 is 0. The van der Waals surface area contributed by atoms with Gasteiger partial charge >= 0.3 is 12.6 Å². The lowest BCUT2D eigenvalue weighted by atomic mass is 10.0. The van der Waals surface area contributed by atoms with Crippen molar-refractivity contribution in [3.8, 4) is 5.75 Å². The number of nitrogens with one attached hydrogen (secondary N) is 2. The fourth-order valence-corrected chi connectivity index (χ4v) is 3.21. The van der Waals surface area contributed by atoms with Crippen LogP contribution in [0.4, 0.5) is 8.78 Å². The first kappa shape index (κ1) is 22.5. The molecule has 0 spiro atoms. The number of carbonyl (C=O) groups excluding carboxylic acids is 2. The smallest absolute Gasteiger partial charge is 0.387 e. The van der Waals surface area contributed by atoms with Crippen molar-refractivity contribution >= 4 is 11.8 Å². The summed E-state index contributed by atoms with van der Waals surface area (Å²) in [6, 6.07) is 5.96. The van der Waals surface area contributed by atoms with Crippen molar-refractivity contribution < 1.29 is 32.7 Å². The number of ketones is 1. The molecule has 2 rings (SSSR count). The highest BCUT2D eigenvalue weighted by Gasteiger charge is 2.29. The van der Waals surface area contributed by atoms with Crippen LogP contribution < -0.4 is 9.64 Å². The second-order valence-corrected chi connectivity index (χ2v) is 6.98. The van der Waals surface area contributed by atoms with E-state index in [9.17, 15) is 18.4 Å². The highest BCUT2D eigenvalue weighted by Crippen LogP contribution is 2.20. The van der Waals surface area contributed by atoms with Gasteiger partial charge in [-0.05, 0) is 57.5 Å². The Balaban J connectivity index is 2.11. The second-order valence-electron chi connectivity index (χ2n) is 6.98. The summed E-state index contributed by atoms with van der Waals surface area (Å²) < 4.78 is 33.9. The Kier molecular flexibility index (Phi) is 7.50. The lowest BCUT2D eigenvalue weighted by Gasteiger charge is -2.21. The van der Waals surface area contributed by atoms with Crippen LogP contribution in [0.25, 0.3) is 0 Å². The number of aryl methyl sites for hydroxylation is 1. The lowest BCUT2D eigenvalue weighted by molar-refractivity contribution is -0.907. The maximum absolute atomic E-state index is 13.0. The molecule has 0 aliphatic heterocycles. The maximum atomic E-state index is 13.0. The number of esters is 1. The van der Waals surface area contributed by atoms with Gasteiger partial charge in [0.15, 0.2) is 6.04 Å². The average Bonchev–Trinajstić information content (AvgIpc) is 2.96. The quantitative estimate of drug-likeness (QED) is 0.493. The third kappa shape index (κ3) is 5.41. The van der Waals surface area contributed by atoms with Gasteiger partial charge in [-0.2, -0.15) is 8.78 Å². The molecular weight excluding hydrogens is 382 g/mol. The standard InChI is InChI=1S/C21H26F2N2O4/c1-6-28-20(27)17-12(2)18(24-13(17)3)19(26)14(4)25(5)11-15-7-9-16(10-8-15)29-21(22)23/h7-10,14,21,24H,6,11H2,1-5H3/p+1/t14-/m1/s1. The number of rotatable bonds is 9. The van der Waals surface area contributed by atoms with Crippen LogP contribution in [0.15, 0.2) is 24.3 Å². The summed E-state index contributed by atoms with van der Waals surface area (Å²) in [5.41, 5.74) is 2.87. The number of hydrogen-bond donors (Lipinski definition) is 2. The number of ether oxygens (including phenoxy) is 2. The van der Waals surface area contributed by atoms with E-state index in [1.54, 1.807) is 32.9 Å². The summed E-state index contributed by atoms with van der Waals surface area (Å²) in [6.45, 7) is 4.92. The molecule has 1 aromatic heterocycles. The maximum Gasteiger partial charge on any atom is 0.387 e. The number of benzene rings is 1. The van der Waals surface area contributed by atoms with Crippen LogP contribution in [0.3, 0.4) is 0 Å². The van der Waals surface area contributed by atoms with Crippen LogP contribution in [0.2, 0.25) is 0 Å². The van der Waals surface area contributed by atoms with Crippen molar-refractivity contribution in [2.45, 2.75) is 46.9 Å². The highest BCUT2D eigenvalue weighted by molar-refractivity contribution is 6.03. The Morgan fingerprint density at radius 1 is 1.17 bits per heavy atom. The van der Waals surface area contributed by atoms with Crippen LogP contribution in [0.1, 0.15) is 51.5 Å². The number of carbonyl (C=O) groups is 2. The molecule has 6 nitrogen and oxygen atoms in total. The predicted octanol–water partition coefficient (Wildman–Crippen LogP) is 2.70. The largest absolute Gasteiger partial charge is 0.462 e. The first-order valence-corrected chi connectivity index (χ1v) is 9.42. The van der Waals surface area contributed by atoms with Crippen molar-refractivity contribution in [2.75, 3.05) is 13.7 Å². The number of H-pyrrole nitrogens is 1. The molecule has 2 atom stereocenters. The zero-order valence-corrected chi connectivity index (χ0v) is 17.3. The van der Waals surface area contributed by atoms with E-state index in [1.165, 1.54) is 12.1 Å². The van der Waals surface area contributed by atoms with Gasteiger partial charge in [-0.25, -0.2) is 4.79 Å². The molecule has 8 heteroatoms. The number of hydrogen-bond acceptors (Lipinski definition) is 4. The second kappa shape index (κ2) is 9.65. The first-order chi connectivity index (χ1) is 13.6. The Hall–Kier alpha value is -2.74. The lowest BCUT2D eigenvalue weighted by Crippen LogP contribution is -3.12. The molecule has 2 N–H and O–H groups in total. The van der Waals surface area contributed by atoms with Gasteiger partial charge in [-0.3, -0.25) is 4.79 Å². The first-order valence-electron chi connectivity index (χ1n) is 9.42. The summed E-state index contributed by atoms with van der Waals surface area (Å²) in [6.07, 6.45) is 0. The molecule has 1 unspecified atom stereocenters. The normalized spacial score (nSPS) is 13.2. The van der Waals surface area contributed by atoms with E-state index in [0.717, 1.165) is 10.5 Å². The molecule has 158 valence electrons. The van der Waals surface area contributed by atoms with Gasteiger partial charge < -0.3 is 19.4 Å². The van der Waals surface area contributed by atoms with E-state index >= 15 is 0 Å². The molecule has 1 heterocycles. The minimum absolute atomic E-state index is 0.0921.